The lowest BCUT2D eigenvalue weighted by atomic mass is 10.2. The third-order valence-electron chi connectivity index (χ3n) is 2.91. The van der Waals surface area contributed by atoms with Gasteiger partial charge >= 0.3 is 35.8 Å². The van der Waals surface area contributed by atoms with Gasteiger partial charge in [-0.2, -0.15) is 0 Å². The average molecular weight is 486 g/mol. The van der Waals surface area contributed by atoms with Crippen molar-refractivity contribution in [3.63, 3.8) is 0 Å². The number of aliphatic hydroxyl groups is 2. The van der Waals surface area contributed by atoms with Gasteiger partial charge in [-0.3, -0.25) is 28.8 Å². The Bertz CT molecular complexity index is 527. The molecule has 0 amide bonds. The lowest BCUT2D eigenvalue weighted by Crippen LogP contribution is -2.01. The number of carboxylic acid groups (broad SMARTS) is 6. The van der Waals surface area contributed by atoms with Crippen LogP contribution in [0.4, 0.5) is 0 Å². The maximum Gasteiger partial charge on any atom is 0.303 e. The molecule has 0 aliphatic rings. The monoisotopic (exact) mass is 486 g/mol. The highest BCUT2D eigenvalue weighted by molar-refractivity contribution is 5.75. The molecule has 0 aromatic heterocycles. The molecule has 0 aromatic carbocycles. The molecule has 0 atom stereocenters. The highest BCUT2D eigenvalue weighted by atomic mass is 16.5. The minimum absolute atomic E-state index is 0.0628. The molecule has 0 unspecified atom stereocenters. The molecule has 14 heteroatoms. The summed E-state index contributed by atoms with van der Waals surface area (Å²) in [4.78, 5) is 58.6. The van der Waals surface area contributed by atoms with Crippen LogP contribution in [0.25, 0.3) is 0 Å². The normalized spacial score (nSPS) is 9.09. The molecule has 0 bridgehead atoms. The molecule has 0 fully saturated rings. The number of carboxylic acids is 6. The third kappa shape index (κ3) is 65.3. The SMILES string of the molecule is CCCC(O)O.O=C(O)CCC(=O)O.O=C(O)CCCC(=O)O.O=C(O)CCCCC(=O)O. The maximum absolute atomic E-state index is 9.90. The van der Waals surface area contributed by atoms with Crippen molar-refractivity contribution < 1.29 is 69.6 Å². The summed E-state index contributed by atoms with van der Waals surface area (Å²) in [5.74, 6) is -5.79. The summed E-state index contributed by atoms with van der Waals surface area (Å²) in [5, 5.41) is 64.3. The van der Waals surface area contributed by atoms with Crippen LogP contribution in [-0.2, 0) is 28.8 Å². The first-order chi connectivity index (χ1) is 15.1. The largest absolute Gasteiger partial charge is 0.481 e. The summed E-state index contributed by atoms with van der Waals surface area (Å²) in [7, 11) is 0. The van der Waals surface area contributed by atoms with Crippen LogP contribution in [0, 0.1) is 0 Å². The van der Waals surface area contributed by atoms with E-state index < -0.39 is 42.1 Å². The topological polar surface area (TPSA) is 264 Å². The van der Waals surface area contributed by atoms with Gasteiger partial charge in [-0.1, -0.05) is 13.3 Å². The summed E-state index contributed by atoms with van der Waals surface area (Å²) in [6.45, 7) is 1.90. The van der Waals surface area contributed by atoms with E-state index in [1.54, 1.807) is 0 Å². The third-order valence-corrected chi connectivity index (χ3v) is 2.91. The molecule has 14 nitrogen and oxygen atoms in total. The Labute approximate surface area is 190 Å². The van der Waals surface area contributed by atoms with Gasteiger partial charge in [0.05, 0.1) is 12.8 Å². The van der Waals surface area contributed by atoms with Crippen LogP contribution in [0.3, 0.4) is 0 Å². The van der Waals surface area contributed by atoms with Gasteiger partial charge in [0.1, 0.15) is 0 Å². The van der Waals surface area contributed by atoms with Gasteiger partial charge < -0.3 is 40.9 Å². The van der Waals surface area contributed by atoms with Gasteiger partial charge in [0, 0.05) is 25.7 Å². The van der Waals surface area contributed by atoms with E-state index >= 15 is 0 Å². The standard InChI is InChI=1S/C6H10O4.C5H8O4.C4H6O4.C4H10O2/c7-5(8)3-1-2-4-6(9)10;6-4(7)2-1-3-5(8)9;5-3(6)1-2-4(7)8;1-2-3-4(5)6/h1-4H2,(H,7,8)(H,9,10);1-3H2,(H,6,7)(H,8,9);1-2H2,(H,5,6)(H,7,8);4-6H,2-3H2,1H3. The molecule has 0 spiro atoms. The minimum atomic E-state index is -1.10. The van der Waals surface area contributed by atoms with Crippen molar-refractivity contribution in [1.29, 1.82) is 0 Å². The zero-order chi connectivity index (χ0) is 26.8. The molecule has 0 radical (unpaired) electrons. The Hall–Kier alpha value is -3.26. The molecule has 0 saturated heterocycles. The minimum Gasteiger partial charge on any atom is -0.481 e. The molecule has 194 valence electrons. The Morgan fingerprint density at radius 2 is 0.727 bits per heavy atom. The number of rotatable bonds is 14. The van der Waals surface area contributed by atoms with Gasteiger partial charge in [-0.15, -0.1) is 0 Å². The van der Waals surface area contributed by atoms with Crippen LogP contribution in [0.2, 0.25) is 0 Å². The Morgan fingerprint density at radius 1 is 0.485 bits per heavy atom. The van der Waals surface area contributed by atoms with Crippen LogP contribution in [-0.4, -0.2) is 83.0 Å². The maximum atomic E-state index is 9.90. The number of carbonyl (C=O) groups is 6. The molecule has 0 aliphatic heterocycles. The van der Waals surface area contributed by atoms with Crippen LogP contribution in [0.1, 0.15) is 77.6 Å². The zero-order valence-corrected chi connectivity index (χ0v) is 18.4. The molecule has 0 heterocycles. The Kier molecular flexibility index (Phi) is 30.1. The fourth-order valence-electron chi connectivity index (χ4n) is 1.42. The van der Waals surface area contributed by atoms with Crippen molar-refractivity contribution in [1.82, 2.24) is 0 Å². The van der Waals surface area contributed by atoms with E-state index in [0.29, 0.717) is 19.3 Å². The number of aliphatic hydroxyl groups excluding tert-OH is 1. The summed E-state index contributed by atoms with van der Waals surface area (Å²) >= 11 is 0. The first kappa shape index (κ1) is 37.1. The number of hydrogen-bond donors (Lipinski definition) is 8. The van der Waals surface area contributed by atoms with Gasteiger partial charge in [-0.25, -0.2) is 0 Å². The summed E-state index contributed by atoms with van der Waals surface area (Å²) in [6.07, 6.45) is 0.727. The Balaban J connectivity index is -0.000000173. The fourth-order valence-corrected chi connectivity index (χ4v) is 1.42. The smallest absolute Gasteiger partial charge is 0.303 e. The highest BCUT2D eigenvalue weighted by Crippen LogP contribution is 1.98. The van der Waals surface area contributed by atoms with Crippen molar-refractivity contribution >= 4 is 35.8 Å². The van der Waals surface area contributed by atoms with Crippen molar-refractivity contribution in [2.45, 2.75) is 83.8 Å². The molecule has 0 aromatic rings. The number of aliphatic carboxylic acids is 6. The number of unbranched alkanes of at least 4 members (excludes halogenated alkanes) is 1. The molecular formula is C19H34O14. The molecule has 0 rings (SSSR count). The van der Waals surface area contributed by atoms with E-state index in [1.807, 2.05) is 6.92 Å². The van der Waals surface area contributed by atoms with Crippen molar-refractivity contribution in [3.8, 4) is 0 Å². The van der Waals surface area contributed by atoms with Crippen molar-refractivity contribution in [2.24, 2.45) is 0 Å². The first-order valence-corrected chi connectivity index (χ1v) is 9.82. The van der Waals surface area contributed by atoms with Gasteiger partial charge in [-0.05, 0) is 25.7 Å². The summed E-state index contributed by atoms with van der Waals surface area (Å²) in [5.41, 5.74) is 0. The van der Waals surface area contributed by atoms with Gasteiger partial charge in [0.15, 0.2) is 6.29 Å². The molecule has 33 heavy (non-hydrogen) atoms. The molecule has 0 saturated carbocycles. The second kappa shape index (κ2) is 26.8. The van der Waals surface area contributed by atoms with Gasteiger partial charge in [0.25, 0.3) is 0 Å². The van der Waals surface area contributed by atoms with Crippen molar-refractivity contribution in [2.75, 3.05) is 0 Å². The van der Waals surface area contributed by atoms with Crippen LogP contribution in [0.15, 0.2) is 0 Å². The van der Waals surface area contributed by atoms with Crippen LogP contribution >= 0.6 is 0 Å². The van der Waals surface area contributed by atoms with E-state index in [-0.39, 0.29) is 44.9 Å². The molecular weight excluding hydrogens is 452 g/mol. The second-order valence-electron chi connectivity index (χ2n) is 6.19. The van der Waals surface area contributed by atoms with E-state index in [0.717, 1.165) is 6.42 Å². The van der Waals surface area contributed by atoms with Crippen molar-refractivity contribution in [3.05, 3.63) is 0 Å². The quantitative estimate of drug-likeness (QED) is 0.126. The van der Waals surface area contributed by atoms with Crippen LogP contribution < -0.4 is 0 Å². The average Bonchev–Trinajstić information content (AvgIpc) is 2.64. The molecule has 0 aliphatic carbocycles. The van der Waals surface area contributed by atoms with E-state index in [2.05, 4.69) is 0 Å². The van der Waals surface area contributed by atoms with Crippen LogP contribution in [0.5, 0.6) is 0 Å². The fraction of sp³-hybridized carbons (Fsp3) is 0.684. The lowest BCUT2D eigenvalue weighted by Gasteiger charge is -1.94. The van der Waals surface area contributed by atoms with E-state index in [9.17, 15) is 28.8 Å². The summed E-state index contributed by atoms with van der Waals surface area (Å²) in [6, 6.07) is 0. The zero-order valence-electron chi connectivity index (χ0n) is 18.4. The summed E-state index contributed by atoms with van der Waals surface area (Å²) < 4.78 is 0. The van der Waals surface area contributed by atoms with E-state index in [4.69, 9.17) is 40.9 Å². The van der Waals surface area contributed by atoms with E-state index in [1.165, 1.54) is 0 Å². The lowest BCUT2D eigenvalue weighted by molar-refractivity contribution is -0.143. The first-order valence-electron chi connectivity index (χ1n) is 9.82. The predicted octanol–water partition coefficient (Wildman–Crippen LogP) is 1.07. The molecule has 8 N–H and O–H groups in total. The number of hydrogen-bond acceptors (Lipinski definition) is 8. The second-order valence-corrected chi connectivity index (χ2v) is 6.19. The highest BCUT2D eigenvalue weighted by Gasteiger charge is 2.01. The predicted molar refractivity (Wildman–Crippen MR) is 111 cm³/mol. The van der Waals surface area contributed by atoms with Gasteiger partial charge in [0.2, 0.25) is 0 Å². The Morgan fingerprint density at radius 3 is 0.879 bits per heavy atom.